The zero-order valence-corrected chi connectivity index (χ0v) is 17.5. The first-order valence-corrected chi connectivity index (χ1v) is 10.2. The van der Waals surface area contributed by atoms with Crippen LogP contribution >= 0.6 is 12.6 Å². The van der Waals surface area contributed by atoms with Gasteiger partial charge >= 0.3 is 0 Å². The van der Waals surface area contributed by atoms with Gasteiger partial charge < -0.3 is 21.3 Å². The van der Waals surface area contributed by atoms with Crippen molar-refractivity contribution < 1.29 is 0 Å². The Bertz CT molecular complexity index is 566. The molecule has 0 atom stereocenters. The van der Waals surface area contributed by atoms with Gasteiger partial charge in [-0.15, -0.1) is 0 Å². The molecule has 1 rings (SSSR count). The zero-order chi connectivity index (χ0) is 19.4. The Balaban J connectivity index is 2.30. The summed E-state index contributed by atoms with van der Waals surface area (Å²) in [7, 11) is 0. The fraction of sp³-hybridized carbons (Fsp3) is 0.524. The highest BCUT2D eigenvalue weighted by Gasteiger charge is 2.06. The molecule has 0 aliphatic carbocycles. The number of anilines is 1. The standard InChI is InChI=1S/C21H36N4S/c1-5-20(21(22)11-16-26)18(4)24-13-12-23-14-15-25(6-2)19-9-7-17(3)8-10-19/h7-10,23-24,26H,4-6,11-16,22H2,1-3H3/b21-20-. The van der Waals surface area contributed by atoms with Gasteiger partial charge in [0.15, 0.2) is 0 Å². The van der Waals surface area contributed by atoms with Crippen molar-refractivity contribution in [2.45, 2.75) is 33.6 Å². The summed E-state index contributed by atoms with van der Waals surface area (Å²) in [5, 5.41) is 6.87. The molecule has 0 bridgehead atoms. The number of likely N-dealkylation sites (N-methyl/N-ethyl adjacent to an activating group) is 1. The first-order chi connectivity index (χ1) is 12.5. The summed E-state index contributed by atoms with van der Waals surface area (Å²) in [6.07, 6.45) is 1.69. The number of hydrogen-bond donors (Lipinski definition) is 4. The molecular formula is C21H36N4S. The molecule has 4 N–H and O–H groups in total. The maximum Gasteiger partial charge on any atom is 0.0366 e. The molecular weight excluding hydrogens is 340 g/mol. The topological polar surface area (TPSA) is 53.3 Å². The number of aryl methyl sites for hydroxylation is 1. The molecule has 0 saturated heterocycles. The van der Waals surface area contributed by atoms with E-state index < -0.39 is 0 Å². The molecule has 0 saturated carbocycles. The van der Waals surface area contributed by atoms with Crippen molar-refractivity contribution in [3.8, 4) is 0 Å². The van der Waals surface area contributed by atoms with Gasteiger partial charge in [-0.25, -0.2) is 0 Å². The van der Waals surface area contributed by atoms with Crippen LogP contribution in [0.3, 0.4) is 0 Å². The summed E-state index contributed by atoms with van der Waals surface area (Å²) in [6, 6.07) is 8.72. The molecule has 1 aromatic rings. The number of benzene rings is 1. The number of rotatable bonds is 13. The van der Waals surface area contributed by atoms with Gasteiger partial charge in [0.1, 0.15) is 0 Å². The van der Waals surface area contributed by atoms with E-state index in [0.717, 1.165) is 68.3 Å². The van der Waals surface area contributed by atoms with Gasteiger partial charge in [0, 0.05) is 49.8 Å². The molecule has 0 radical (unpaired) electrons. The van der Waals surface area contributed by atoms with Gasteiger partial charge in [-0.3, -0.25) is 0 Å². The van der Waals surface area contributed by atoms with Crippen molar-refractivity contribution in [1.82, 2.24) is 10.6 Å². The van der Waals surface area contributed by atoms with Crippen LogP contribution in [0.5, 0.6) is 0 Å². The third-order valence-electron chi connectivity index (χ3n) is 4.47. The molecule has 0 heterocycles. The van der Waals surface area contributed by atoms with Crippen LogP contribution in [0, 0.1) is 6.92 Å². The van der Waals surface area contributed by atoms with E-state index in [-0.39, 0.29) is 0 Å². The first-order valence-electron chi connectivity index (χ1n) is 9.57. The van der Waals surface area contributed by atoms with Crippen LogP contribution in [0.4, 0.5) is 5.69 Å². The number of allylic oxidation sites excluding steroid dienone is 2. The molecule has 0 spiro atoms. The van der Waals surface area contributed by atoms with Gasteiger partial charge in [0.25, 0.3) is 0 Å². The quantitative estimate of drug-likeness (QED) is 0.242. The molecule has 5 heteroatoms. The minimum atomic E-state index is 0.763. The van der Waals surface area contributed by atoms with E-state index in [1.54, 1.807) is 0 Å². The maximum atomic E-state index is 6.11. The van der Waals surface area contributed by atoms with Crippen LogP contribution in [-0.2, 0) is 0 Å². The third-order valence-corrected chi connectivity index (χ3v) is 4.69. The zero-order valence-electron chi connectivity index (χ0n) is 16.6. The molecule has 146 valence electrons. The van der Waals surface area contributed by atoms with Gasteiger partial charge in [-0.1, -0.05) is 31.2 Å². The Morgan fingerprint density at radius 3 is 2.42 bits per heavy atom. The second-order valence-electron chi connectivity index (χ2n) is 6.40. The lowest BCUT2D eigenvalue weighted by Crippen LogP contribution is -2.35. The lowest BCUT2D eigenvalue weighted by molar-refractivity contribution is 0.638. The summed E-state index contributed by atoms with van der Waals surface area (Å²) in [6.45, 7) is 15.2. The van der Waals surface area contributed by atoms with Crippen LogP contribution in [0.15, 0.2) is 47.8 Å². The lowest BCUT2D eigenvalue weighted by Gasteiger charge is -2.23. The predicted octanol–water partition coefficient (Wildman–Crippen LogP) is 3.46. The highest BCUT2D eigenvalue weighted by Crippen LogP contribution is 2.15. The van der Waals surface area contributed by atoms with Crippen LogP contribution in [0.25, 0.3) is 0 Å². The number of nitrogens with zero attached hydrogens (tertiary/aromatic N) is 1. The lowest BCUT2D eigenvalue weighted by atomic mass is 10.1. The number of nitrogens with two attached hydrogens (primary N) is 1. The highest BCUT2D eigenvalue weighted by molar-refractivity contribution is 7.80. The summed E-state index contributed by atoms with van der Waals surface area (Å²) in [5.41, 5.74) is 11.6. The number of hydrogen-bond acceptors (Lipinski definition) is 5. The van der Waals surface area contributed by atoms with E-state index in [0.29, 0.717) is 0 Å². The van der Waals surface area contributed by atoms with Gasteiger partial charge in [0.05, 0.1) is 0 Å². The van der Waals surface area contributed by atoms with Crippen molar-refractivity contribution >= 4 is 18.3 Å². The van der Waals surface area contributed by atoms with Crippen LogP contribution < -0.4 is 21.3 Å². The van der Waals surface area contributed by atoms with Crippen LogP contribution in [0.2, 0.25) is 0 Å². The van der Waals surface area contributed by atoms with Crippen LogP contribution in [-0.4, -0.2) is 38.5 Å². The highest BCUT2D eigenvalue weighted by atomic mass is 32.1. The molecule has 4 nitrogen and oxygen atoms in total. The Morgan fingerprint density at radius 2 is 1.85 bits per heavy atom. The van der Waals surface area contributed by atoms with Crippen molar-refractivity contribution in [3.05, 3.63) is 53.4 Å². The maximum absolute atomic E-state index is 6.11. The van der Waals surface area contributed by atoms with Crippen molar-refractivity contribution in [1.29, 1.82) is 0 Å². The Labute approximate surface area is 165 Å². The second-order valence-corrected chi connectivity index (χ2v) is 6.85. The smallest absolute Gasteiger partial charge is 0.0366 e. The average Bonchev–Trinajstić information content (AvgIpc) is 2.63. The fourth-order valence-corrected chi connectivity index (χ4v) is 3.12. The number of thiol groups is 1. The normalized spacial score (nSPS) is 11.8. The SMILES string of the molecule is C=C(NCCNCCN(CC)c1ccc(C)cc1)/C(CC)=C(\N)CCS. The Kier molecular flexibility index (Phi) is 11.0. The molecule has 26 heavy (non-hydrogen) atoms. The first kappa shape index (κ1) is 22.5. The Hall–Kier alpha value is -1.59. The summed E-state index contributed by atoms with van der Waals surface area (Å²) in [5.74, 6) is 0.763. The van der Waals surface area contributed by atoms with E-state index in [1.165, 1.54) is 11.3 Å². The third kappa shape index (κ3) is 7.75. The molecule has 0 unspecified atom stereocenters. The fourth-order valence-electron chi connectivity index (χ4n) is 2.88. The minimum Gasteiger partial charge on any atom is -0.402 e. The van der Waals surface area contributed by atoms with Crippen LogP contribution in [0.1, 0.15) is 32.3 Å². The van der Waals surface area contributed by atoms with Crippen molar-refractivity contribution in [2.75, 3.05) is 43.4 Å². The molecule has 1 aromatic carbocycles. The van der Waals surface area contributed by atoms with Crippen molar-refractivity contribution in [2.24, 2.45) is 5.73 Å². The van der Waals surface area contributed by atoms with Crippen molar-refractivity contribution in [3.63, 3.8) is 0 Å². The van der Waals surface area contributed by atoms with E-state index in [9.17, 15) is 0 Å². The molecule has 0 aliphatic heterocycles. The molecule has 0 aliphatic rings. The predicted molar refractivity (Wildman–Crippen MR) is 119 cm³/mol. The minimum absolute atomic E-state index is 0.763. The molecule has 0 fully saturated rings. The molecule has 0 aromatic heterocycles. The van der Waals surface area contributed by atoms with E-state index in [1.807, 2.05) is 0 Å². The summed E-state index contributed by atoms with van der Waals surface area (Å²) in [4.78, 5) is 2.38. The number of nitrogens with one attached hydrogen (secondary N) is 2. The molecule has 0 amide bonds. The van der Waals surface area contributed by atoms with E-state index in [2.05, 4.69) is 79.8 Å². The van der Waals surface area contributed by atoms with E-state index >= 15 is 0 Å². The summed E-state index contributed by atoms with van der Waals surface area (Å²) >= 11 is 4.25. The van der Waals surface area contributed by atoms with E-state index in [4.69, 9.17) is 5.73 Å². The van der Waals surface area contributed by atoms with Gasteiger partial charge in [-0.2, -0.15) is 12.6 Å². The largest absolute Gasteiger partial charge is 0.402 e. The summed E-state index contributed by atoms with van der Waals surface area (Å²) < 4.78 is 0. The Morgan fingerprint density at radius 1 is 1.15 bits per heavy atom. The average molecular weight is 377 g/mol. The second kappa shape index (κ2) is 12.7. The van der Waals surface area contributed by atoms with Gasteiger partial charge in [-0.05, 0) is 50.1 Å². The van der Waals surface area contributed by atoms with Gasteiger partial charge in [0.2, 0.25) is 0 Å². The monoisotopic (exact) mass is 376 g/mol.